The van der Waals surface area contributed by atoms with E-state index in [0.717, 1.165) is 5.56 Å². The quantitative estimate of drug-likeness (QED) is 0.573. The Labute approximate surface area is 123 Å². The Bertz CT molecular complexity index is 556. The van der Waals surface area contributed by atoms with Crippen LogP contribution in [0, 0.1) is 5.92 Å². The van der Waals surface area contributed by atoms with Crippen molar-refractivity contribution in [1.29, 1.82) is 0 Å². The Hall–Kier alpha value is -1.36. The van der Waals surface area contributed by atoms with Gasteiger partial charge in [0.05, 0.1) is 12.0 Å². The third kappa shape index (κ3) is 2.04. The molecule has 20 heavy (non-hydrogen) atoms. The van der Waals surface area contributed by atoms with Crippen molar-refractivity contribution < 1.29 is 9.90 Å². The first-order chi connectivity index (χ1) is 9.22. The number of hydrogen-bond acceptors (Lipinski definition) is 3. The molecule has 0 aliphatic heterocycles. The van der Waals surface area contributed by atoms with Gasteiger partial charge in [0.1, 0.15) is 4.87 Å². The maximum absolute atomic E-state index is 11.4. The summed E-state index contributed by atoms with van der Waals surface area (Å²) in [6.45, 7) is 3.44. The van der Waals surface area contributed by atoms with Crippen LogP contribution in [0.15, 0.2) is 42.0 Å². The molecule has 5 N–H and O–H groups in total. The van der Waals surface area contributed by atoms with Crippen LogP contribution in [0.3, 0.4) is 0 Å². The smallest absolute Gasteiger partial charge is 0.312 e. The van der Waals surface area contributed by atoms with E-state index in [1.54, 1.807) is 19.9 Å². The molecular weight excluding hydrogens is 276 g/mol. The van der Waals surface area contributed by atoms with E-state index in [1.807, 2.05) is 30.3 Å². The van der Waals surface area contributed by atoms with E-state index < -0.39 is 28.3 Å². The molecule has 5 heteroatoms. The zero-order chi connectivity index (χ0) is 15.1. The third-order valence-electron chi connectivity index (χ3n) is 4.22. The van der Waals surface area contributed by atoms with E-state index >= 15 is 0 Å². The maximum Gasteiger partial charge on any atom is 0.312 e. The van der Waals surface area contributed by atoms with Crippen LogP contribution in [0.2, 0.25) is 0 Å². The average Bonchev–Trinajstić information content (AvgIpc) is 2.41. The highest BCUT2D eigenvalue weighted by Crippen LogP contribution is 2.47. The number of carboxylic acid groups (broad SMARTS) is 1. The summed E-state index contributed by atoms with van der Waals surface area (Å²) >= 11 is 6.79. The number of alkyl halides is 1. The van der Waals surface area contributed by atoms with Crippen molar-refractivity contribution in [2.75, 3.05) is 0 Å². The Morgan fingerprint density at radius 1 is 1.35 bits per heavy atom. The molecule has 1 aliphatic carbocycles. The zero-order valence-electron chi connectivity index (χ0n) is 11.5. The van der Waals surface area contributed by atoms with Gasteiger partial charge in [-0.1, -0.05) is 36.4 Å². The van der Waals surface area contributed by atoms with Gasteiger partial charge in [-0.25, -0.2) is 0 Å². The number of hydrogen-bond donors (Lipinski definition) is 3. The lowest BCUT2D eigenvalue weighted by Crippen LogP contribution is -2.68. The largest absolute Gasteiger partial charge is 0.481 e. The summed E-state index contributed by atoms with van der Waals surface area (Å²) in [4.78, 5) is 10.4. The highest BCUT2D eigenvalue weighted by Gasteiger charge is 2.54. The van der Waals surface area contributed by atoms with Gasteiger partial charge in [-0.05, 0) is 25.0 Å². The van der Waals surface area contributed by atoms with Crippen molar-refractivity contribution in [3.63, 3.8) is 0 Å². The second-order valence-electron chi connectivity index (χ2n) is 5.59. The third-order valence-corrected chi connectivity index (χ3v) is 4.97. The fourth-order valence-electron chi connectivity index (χ4n) is 2.84. The Balaban J connectivity index is 2.62. The lowest BCUT2D eigenvalue weighted by atomic mass is 9.65. The first kappa shape index (κ1) is 15.0. The molecule has 0 saturated carbocycles. The molecule has 0 amide bonds. The molecule has 0 heterocycles. The van der Waals surface area contributed by atoms with Gasteiger partial charge in [-0.15, -0.1) is 11.6 Å². The van der Waals surface area contributed by atoms with Gasteiger partial charge < -0.3 is 16.6 Å². The SMILES string of the molecule is CC1=CC(C(=O)O)C(C)(N)C(N)C1(Cl)c1ccccc1. The van der Waals surface area contributed by atoms with Crippen molar-refractivity contribution in [1.82, 2.24) is 0 Å². The van der Waals surface area contributed by atoms with Crippen LogP contribution in [0.1, 0.15) is 19.4 Å². The van der Waals surface area contributed by atoms with Gasteiger partial charge in [0.25, 0.3) is 0 Å². The lowest BCUT2D eigenvalue weighted by molar-refractivity contribution is -0.142. The minimum absolute atomic E-state index is 0.716. The Morgan fingerprint density at radius 3 is 2.40 bits per heavy atom. The van der Waals surface area contributed by atoms with Crippen LogP contribution < -0.4 is 11.5 Å². The lowest BCUT2D eigenvalue weighted by Gasteiger charge is -2.49. The predicted molar refractivity (Wildman–Crippen MR) is 79.4 cm³/mol. The topological polar surface area (TPSA) is 89.3 Å². The summed E-state index contributed by atoms with van der Waals surface area (Å²) in [6, 6.07) is 8.67. The van der Waals surface area contributed by atoms with Crippen LogP contribution in [-0.2, 0) is 9.67 Å². The molecule has 108 valence electrons. The molecule has 0 fully saturated rings. The number of nitrogens with two attached hydrogens (primary N) is 2. The van der Waals surface area contributed by atoms with Crippen LogP contribution in [0.25, 0.3) is 0 Å². The van der Waals surface area contributed by atoms with Crippen molar-refractivity contribution >= 4 is 17.6 Å². The van der Waals surface area contributed by atoms with E-state index in [4.69, 9.17) is 23.1 Å². The van der Waals surface area contributed by atoms with Crippen LogP contribution in [0.5, 0.6) is 0 Å². The number of carboxylic acids is 1. The summed E-state index contributed by atoms with van der Waals surface area (Å²) in [7, 11) is 0. The molecule has 1 aromatic carbocycles. The minimum Gasteiger partial charge on any atom is -0.481 e. The Kier molecular flexibility index (Phi) is 3.67. The molecule has 2 rings (SSSR count). The second kappa shape index (κ2) is 4.88. The highest BCUT2D eigenvalue weighted by molar-refractivity contribution is 6.26. The molecule has 0 saturated heterocycles. The molecule has 0 aromatic heterocycles. The van der Waals surface area contributed by atoms with Gasteiger partial charge in [0.2, 0.25) is 0 Å². The average molecular weight is 295 g/mol. The fourth-order valence-corrected chi connectivity index (χ4v) is 3.27. The van der Waals surface area contributed by atoms with Gasteiger partial charge in [-0.3, -0.25) is 4.79 Å². The van der Waals surface area contributed by atoms with Crippen LogP contribution in [-0.4, -0.2) is 22.7 Å². The van der Waals surface area contributed by atoms with Crippen molar-refractivity contribution in [3.8, 4) is 0 Å². The summed E-state index contributed by atoms with van der Waals surface area (Å²) in [5.74, 6) is -1.84. The van der Waals surface area contributed by atoms with Gasteiger partial charge in [-0.2, -0.15) is 0 Å². The molecular formula is C15H19ClN2O2. The Morgan fingerprint density at radius 2 is 1.90 bits per heavy atom. The zero-order valence-corrected chi connectivity index (χ0v) is 12.3. The normalized spacial score (nSPS) is 37.4. The van der Waals surface area contributed by atoms with Crippen molar-refractivity contribution in [3.05, 3.63) is 47.5 Å². The van der Waals surface area contributed by atoms with Crippen LogP contribution >= 0.6 is 11.6 Å². The molecule has 0 bridgehead atoms. The van der Waals surface area contributed by atoms with E-state index in [1.165, 1.54) is 0 Å². The van der Waals surface area contributed by atoms with E-state index in [0.29, 0.717) is 5.57 Å². The van der Waals surface area contributed by atoms with E-state index in [-0.39, 0.29) is 0 Å². The van der Waals surface area contributed by atoms with Gasteiger partial charge in [0.15, 0.2) is 0 Å². The predicted octanol–water partition coefficient (Wildman–Crippen LogP) is 1.83. The number of benzene rings is 1. The molecule has 4 atom stereocenters. The summed E-state index contributed by atoms with van der Waals surface area (Å²) in [5.41, 5.74) is 12.9. The minimum atomic E-state index is -1.14. The first-order valence-electron chi connectivity index (χ1n) is 6.43. The summed E-state index contributed by atoms with van der Waals surface area (Å²) in [6.07, 6.45) is 1.62. The molecule has 1 aliphatic rings. The van der Waals surface area contributed by atoms with Gasteiger partial charge in [0, 0.05) is 5.54 Å². The number of aliphatic carboxylic acids is 1. The molecule has 4 nitrogen and oxygen atoms in total. The fraction of sp³-hybridized carbons (Fsp3) is 0.400. The summed E-state index contributed by atoms with van der Waals surface area (Å²) < 4.78 is 0. The molecule has 4 unspecified atom stereocenters. The van der Waals surface area contributed by atoms with Crippen molar-refractivity contribution in [2.24, 2.45) is 17.4 Å². The monoisotopic (exact) mass is 294 g/mol. The van der Waals surface area contributed by atoms with E-state index in [9.17, 15) is 9.90 Å². The molecule has 1 aromatic rings. The summed E-state index contributed by atoms with van der Waals surface area (Å²) in [5, 5.41) is 9.33. The number of halogens is 1. The first-order valence-corrected chi connectivity index (χ1v) is 6.80. The maximum atomic E-state index is 11.4. The second-order valence-corrected chi connectivity index (χ2v) is 6.18. The number of carbonyl (C=O) groups is 1. The van der Waals surface area contributed by atoms with Crippen molar-refractivity contribution in [2.45, 2.75) is 30.3 Å². The molecule has 0 radical (unpaired) electrons. The standard InChI is InChI=1S/C15H19ClN2O2/c1-9-8-11(12(19)20)14(2,18)13(17)15(9,16)10-6-4-3-5-7-10/h3-8,11,13H,17-18H2,1-2H3,(H,19,20). The highest BCUT2D eigenvalue weighted by atomic mass is 35.5. The molecule has 0 spiro atoms. The van der Waals surface area contributed by atoms with Crippen LogP contribution in [0.4, 0.5) is 0 Å². The number of rotatable bonds is 2. The van der Waals surface area contributed by atoms with E-state index in [2.05, 4.69) is 0 Å². The van der Waals surface area contributed by atoms with Gasteiger partial charge >= 0.3 is 5.97 Å².